The van der Waals surface area contributed by atoms with E-state index >= 15 is 0 Å². The maximum atomic E-state index is 12.0. The number of benzene rings is 2. The average molecular weight is 338 g/mol. The summed E-state index contributed by atoms with van der Waals surface area (Å²) < 4.78 is 1.07. The smallest absolute Gasteiger partial charge is 0.307 e. The lowest BCUT2D eigenvalue weighted by Gasteiger charge is -2.04. The molecule has 0 atom stereocenters. The number of hydrogen-bond donors (Lipinski definition) is 2. The minimum Gasteiger partial charge on any atom is -0.481 e. The van der Waals surface area contributed by atoms with Crippen LogP contribution in [0, 0.1) is 0 Å². The molecule has 24 heavy (non-hydrogen) atoms. The topological polar surface area (TPSA) is 79.3 Å². The first-order valence-electron chi connectivity index (χ1n) is 7.25. The SMILES string of the molecule is O=C(O)Cc1cccc(NC(=O)/C=C/c2nc3ccccc3s2)c1. The van der Waals surface area contributed by atoms with Gasteiger partial charge in [0.2, 0.25) is 5.91 Å². The number of amides is 1. The van der Waals surface area contributed by atoms with Crippen molar-refractivity contribution in [2.24, 2.45) is 0 Å². The fourth-order valence-electron chi connectivity index (χ4n) is 2.23. The number of nitrogens with one attached hydrogen (secondary N) is 1. The zero-order chi connectivity index (χ0) is 16.9. The number of para-hydroxylation sites is 1. The molecule has 3 aromatic rings. The molecule has 0 unspecified atom stereocenters. The molecule has 2 aromatic carbocycles. The Morgan fingerprint density at radius 2 is 2.00 bits per heavy atom. The van der Waals surface area contributed by atoms with E-state index in [1.165, 1.54) is 17.4 Å². The Morgan fingerprint density at radius 1 is 1.17 bits per heavy atom. The minimum atomic E-state index is -0.908. The molecule has 120 valence electrons. The Bertz CT molecular complexity index is 898. The summed E-state index contributed by atoms with van der Waals surface area (Å²) >= 11 is 1.51. The summed E-state index contributed by atoms with van der Waals surface area (Å²) in [5, 5.41) is 12.3. The van der Waals surface area contributed by atoms with Gasteiger partial charge in [-0.2, -0.15) is 0 Å². The van der Waals surface area contributed by atoms with E-state index in [9.17, 15) is 9.59 Å². The van der Waals surface area contributed by atoms with Crippen LogP contribution in [0.1, 0.15) is 10.6 Å². The van der Waals surface area contributed by atoms with Crippen LogP contribution >= 0.6 is 11.3 Å². The third kappa shape index (κ3) is 4.05. The Kier molecular flexibility index (Phi) is 4.67. The van der Waals surface area contributed by atoms with Gasteiger partial charge >= 0.3 is 5.97 Å². The summed E-state index contributed by atoms with van der Waals surface area (Å²) in [6.45, 7) is 0. The first-order chi connectivity index (χ1) is 11.6. The van der Waals surface area contributed by atoms with Crippen LogP contribution in [0.3, 0.4) is 0 Å². The number of carbonyl (C=O) groups excluding carboxylic acids is 1. The van der Waals surface area contributed by atoms with Gasteiger partial charge < -0.3 is 10.4 Å². The van der Waals surface area contributed by atoms with Gasteiger partial charge in [0.1, 0.15) is 5.01 Å². The van der Waals surface area contributed by atoms with E-state index < -0.39 is 5.97 Å². The molecule has 3 rings (SSSR count). The lowest BCUT2D eigenvalue weighted by atomic mass is 10.1. The van der Waals surface area contributed by atoms with Crippen molar-refractivity contribution in [2.75, 3.05) is 5.32 Å². The summed E-state index contributed by atoms with van der Waals surface area (Å²) in [6, 6.07) is 14.6. The summed E-state index contributed by atoms with van der Waals surface area (Å²) in [6.07, 6.45) is 3.01. The zero-order valence-electron chi connectivity index (χ0n) is 12.6. The first kappa shape index (κ1) is 15.9. The highest BCUT2D eigenvalue weighted by atomic mass is 32.1. The van der Waals surface area contributed by atoms with Crippen LogP contribution < -0.4 is 5.32 Å². The van der Waals surface area contributed by atoms with Crippen molar-refractivity contribution in [1.29, 1.82) is 0 Å². The number of aromatic nitrogens is 1. The summed E-state index contributed by atoms with van der Waals surface area (Å²) in [4.78, 5) is 27.2. The van der Waals surface area contributed by atoms with Gasteiger partial charge in [-0.3, -0.25) is 9.59 Å². The molecule has 1 amide bonds. The van der Waals surface area contributed by atoms with E-state index in [0.29, 0.717) is 11.3 Å². The van der Waals surface area contributed by atoms with Gasteiger partial charge in [-0.05, 0) is 35.9 Å². The summed E-state index contributed by atoms with van der Waals surface area (Å²) in [5.74, 6) is -1.20. The summed E-state index contributed by atoms with van der Waals surface area (Å²) in [7, 11) is 0. The van der Waals surface area contributed by atoms with Crippen molar-refractivity contribution in [3.63, 3.8) is 0 Å². The number of rotatable bonds is 5. The van der Waals surface area contributed by atoms with Crippen molar-refractivity contribution in [2.45, 2.75) is 6.42 Å². The predicted molar refractivity (Wildman–Crippen MR) is 95.1 cm³/mol. The molecule has 0 radical (unpaired) electrons. The van der Waals surface area contributed by atoms with Gasteiger partial charge in [-0.25, -0.2) is 4.98 Å². The fourth-order valence-corrected chi connectivity index (χ4v) is 3.10. The Labute approximate surface area is 142 Å². The Morgan fingerprint density at radius 3 is 2.79 bits per heavy atom. The van der Waals surface area contributed by atoms with E-state index in [2.05, 4.69) is 10.3 Å². The summed E-state index contributed by atoms with van der Waals surface area (Å²) in [5.41, 5.74) is 2.10. The number of nitrogens with zero attached hydrogens (tertiary/aromatic N) is 1. The van der Waals surface area contributed by atoms with Crippen LogP contribution in [-0.4, -0.2) is 22.0 Å². The van der Waals surface area contributed by atoms with Crippen LogP contribution in [0.5, 0.6) is 0 Å². The van der Waals surface area contributed by atoms with Crippen LogP contribution in [0.25, 0.3) is 16.3 Å². The van der Waals surface area contributed by atoms with Gasteiger partial charge in [0.25, 0.3) is 0 Å². The molecule has 0 saturated heterocycles. The first-order valence-corrected chi connectivity index (χ1v) is 8.07. The maximum Gasteiger partial charge on any atom is 0.307 e. The Balaban J connectivity index is 1.67. The van der Waals surface area contributed by atoms with E-state index in [1.54, 1.807) is 30.3 Å². The predicted octanol–water partition coefficient (Wildman–Crippen LogP) is 3.58. The molecule has 0 aliphatic heterocycles. The molecule has 0 aliphatic rings. The quantitative estimate of drug-likeness (QED) is 0.697. The zero-order valence-corrected chi connectivity index (χ0v) is 13.4. The molecule has 1 heterocycles. The highest BCUT2D eigenvalue weighted by Gasteiger charge is 2.04. The number of fused-ring (bicyclic) bond motifs is 1. The number of carbonyl (C=O) groups is 2. The second kappa shape index (κ2) is 7.06. The number of carboxylic acid groups (broad SMARTS) is 1. The molecule has 2 N–H and O–H groups in total. The highest BCUT2D eigenvalue weighted by Crippen LogP contribution is 2.22. The second-order valence-corrected chi connectivity index (χ2v) is 6.18. The molecular formula is C18H14N2O3S. The van der Waals surface area contributed by atoms with Crippen molar-refractivity contribution in [1.82, 2.24) is 4.98 Å². The van der Waals surface area contributed by atoms with E-state index in [1.807, 2.05) is 24.3 Å². The molecule has 0 spiro atoms. The molecule has 0 fully saturated rings. The van der Waals surface area contributed by atoms with E-state index in [4.69, 9.17) is 5.11 Å². The molecule has 5 nitrogen and oxygen atoms in total. The van der Waals surface area contributed by atoms with Gasteiger partial charge in [-0.1, -0.05) is 24.3 Å². The Hall–Kier alpha value is -2.99. The monoisotopic (exact) mass is 338 g/mol. The van der Waals surface area contributed by atoms with E-state index in [0.717, 1.165) is 15.2 Å². The van der Waals surface area contributed by atoms with Crippen LogP contribution in [0.15, 0.2) is 54.6 Å². The lowest BCUT2D eigenvalue weighted by molar-refractivity contribution is -0.136. The van der Waals surface area contributed by atoms with Crippen LogP contribution in [0.4, 0.5) is 5.69 Å². The molecule has 6 heteroatoms. The van der Waals surface area contributed by atoms with Gasteiger partial charge in [0.05, 0.1) is 16.6 Å². The van der Waals surface area contributed by atoms with Crippen LogP contribution in [-0.2, 0) is 16.0 Å². The van der Waals surface area contributed by atoms with Crippen molar-refractivity contribution < 1.29 is 14.7 Å². The molecule has 0 saturated carbocycles. The van der Waals surface area contributed by atoms with Crippen molar-refractivity contribution in [3.05, 3.63) is 65.2 Å². The largest absolute Gasteiger partial charge is 0.481 e. The van der Waals surface area contributed by atoms with Crippen LogP contribution in [0.2, 0.25) is 0 Å². The molecule has 0 aliphatic carbocycles. The average Bonchev–Trinajstić information content (AvgIpc) is 2.95. The van der Waals surface area contributed by atoms with Crippen molar-refractivity contribution in [3.8, 4) is 0 Å². The number of anilines is 1. The number of carboxylic acids is 1. The lowest BCUT2D eigenvalue weighted by Crippen LogP contribution is -2.08. The minimum absolute atomic E-state index is 0.0781. The number of aliphatic carboxylic acids is 1. The molecule has 1 aromatic heterocycles. The van der Waals surface area contributed by atoms with Gasteiger partial charge in [-0.15, -0.1) is 11.3 Å². The van der Waals surface area contributed by atoms with Crippen molar-refractivity contribution >= 4 is 45.2 Å². The second-order valence-electron chi connectivity index (χ2n) is 5.11. The molecule has 0 bridgehead atoms. The van der Waals surface area contributed by atoms with Gasteiger partial charge in [0, 0.05) is 11.8 Å². The number of hydrogen-bond acceptors (Lipinski definition) is 4. The number of thiazole rings is 1. The standard InChI is InChI=1S/C18H14N2O3S/c21-16(19-13-5-3-4-12(10-13)11-18(22)23)8-9-17-20-14-6-1-2-7-15(14)24-17/h1-10H,11H2,(H,19,21)(H,22,23)/b9-8+. The molecular weight excluding hydrogens is 324 g/mol. The highest BCUT2D eigenvalue weighted by molar-refractivity contribution is 7.19. The van der Waals surface area contributed by atoms with E-state index in [-0.39, 0.29) is 12.3 Å². The fraction of sp³-hybridized carbons (Fsp3) is 0.0556. The normalized spacial score (nSPS) is 11.0. The third-order valence-electron chi connectivity index (χ3n) is 3.24. The van der Waals surface area contributed by atoms with Gasteiger partial charge in [0.15, 0.2) is 0 Å². The third-order valence-corrected chi connectivity index (χ3v) is 4.24. The maximum absolute atomic E-state index is 12.0.